The minimum atomic E-state index is 1.13. The van der Waals surface area contributed by atoms with Gasteiger partial charge in [0.1, 0.15) is 0 Å². The van der Waals surface area contributed by atoms with Gasteiger partial charge in [-0.05, 0) is 13.3 Å². The average Bonchev–Trinajstić information content (AvgIpc) is 2.04. The molecule has 0 amide bonds. The van der Waals surface area contributed by atoms with Gasteiger partial charge < -0.3 is 5.32 Å². The summed E-state index contributed by atoms with van der Waals surface area (Å²) in [7, 11) is 1.97. The van der Waals surface area contributed by atoms with Crippen molar-refractivity contribution < 1.29 is 0 Å². The number of nitrogens with one attached hydrogen (secondary N) is 1. The van der Waals surface area contributed by atoms with Crippen LogP contribution in [-0.2, 0) is 0 Å². The molecule has 0 aliphatic rings. The molecule has 1 nitrogen and oxygen atoms in total. The largest absolute Gasteiger partial charge is 0.319 e. The highest BCUT2D eigenvalue weighted by Crippen LogP contribution is 1.88. The second-order valence-corrected chi connectivity index (χ2v) is 3.44. The highest BCUT2D eigenvalue weighted by molar-refractivity contribution is 7.98. The van der Waals surface area contributed by atoms with Crippen molar-refractivity contribution >= 4 is 11.8 Å². The second-order valence-electron chi connectivity index (χ2n) is 2.45. The molecule has 0 radical (unpaired) electrons. The van der Waals surface area contributed by atoms with Crippen molar-refractivity contribution in [2.75, 3.05) is 25.6 Å². The fourth-order valence-electron chi connectivity index (χ4n) is 0.558. The molecule has 0 aromatic heterocycles. The maximum atomic E-state index is 3.05. The van der Waals surface area contributed by atoms with Gasteiger partial charge in [-0.25, -0.2) is 0 Å². The summed E-state index contributed by atoms with van der Waals surface area (Å²) in [5.74, 6) is 1.22. The van der Waals surface area contributed by atoms with Crippen LogP contribution in [0.4, 0.5) is 0 Å². The minimum Gasteiger partial charge on any atom is -0.319 e. The minimum absolute atomic E-state index is 1.13. The van der Waals surface area contributed by atoms with Crippen LogP contribution in [0.5, 0.6) is 0 Å². The molecule has 0 spiro atoms. The highest BCUT2D eigenvalue weighted by Gasteiger charge is 1.73. The van der Waals surface area contributed by atoms with Crippen LogP contribution in [0.15, 0.2) is 0 Å². The molecule has 0 aromatic carbocycles. The van der Waals surface area contributed by atoms with Crippen LogP contribution in [0.25, 0.3) is 0 Å². The first-order chi connectivity index (χ1) is 5.33. The van der Waals surface area contributed by atoms with Gasteiger partial charge >= 0.3 is 0 Å². The number of hydrogen-bond acceptors (Lipinski definition) is 2. The summed E-state index contributed by atoms with van der Waals surface area (Å²) in [6.45, 7) is 5.55. The topological polar surface area (TPSA) is 12.0 Å². The predicted octanol–water partition coefficient (Wildman–Crippen LogP) is 2.77. The van der Waals surface area contributed by atoms with E-state index in [1.807, 2.05) is 18.8 Å². The van der Waals surface area contributed by atoms with Crippen LogP contribution >= 0.6 is 11.8 Å². The van der Waals surface area contributed by atoms with Gasteiger partial charge in [-0.2, -0.15) is 11.8 Å². The van der Waals surface area contributed by atoms with Crippen LogP contribution in [0.3, 0.4) is 0 Å². The monoisotopic (exact) mass is 177 g/mol. The molecule has 0 aliphatic carbocycles. The molecular formula is C9H23NS. The van der Waals surface area contributed by atoms with Crippen molar-refractivity contribution in [1.29, 1.82) is 0 Å². The Morgan fingerprint density at radius 3 is 1.82 bits per heavy atom. The number of rotatable bonds is 5. The van der Waals surface area contributed by atoms with Crippen LogP contribution in [0, 0.1) is 0 Å². The Balaban J connectivity index is 0. The zero-order valence-electron chi connectivity index (χ0n) is 8.44. The van der Waals surface area contributed by atoms with Gasteiger partial charge in [-0.15, -0.1) is 0 Å². The predicted molar refractivity (Wildman–Crippen MR) is 57.5 cm³/mol. The SMILES string of the molecule is CCCCC.CNCCSC. The molecule has 0 fully saturated rings. The summed E-state index contributed by atoms with van der Waals surface area (Å²) >= 11 is 1.86. The summed E-state index contributed by atoms with van der Waals surface area (Å²) < 4.78 is 0. The first kappa shape index (κ1) is 13.9. The van der Waals surface area contributed by atoms with Crippen molar-refractivity contribution in [3.8, 4) is 0 Å². The second kappa shape index (κ2) is 16.7. The molecule has 0 aliphatic heterocycles. The molecule has 2 heteroatoms. The van der Waals surface area contributed by atoms with Crippen LogP contribution in [0.2, 0.25) is 0 Å². The lowest BCUT2D eigenvalue weighted by molar-refractivity contribution is 0.772. The quantitative estimate of drug-likeness (QED) is 0.648. The summed E-state index contributed by atoms with van der Waals surface area (Å²) in [6.07, 6.45) is 6.18. The molecule has 0 bridgehead atoms. The number of thioether (sulfide) groups is 1. The molecule has 1 N–H and O–H groups in total. The maximum Gasteiger partial charge on any atom is 0.00552 e. The van der Waals surface area contributed by atoms with E-state index in [2.05, 4.69) is 25.4 Å². The molecule has 0 heterocycles. The molecule has 0 saturated carbocycles. The van der Waals surface area contributed by atoms with E-state index in [1.165, 1.54) is 25.0 Å². The summed E-state index contributed by atoms with van der Waals surface area (Å²) in [4.78, 5) is 0. The molecule has 0 atom stereocenters. The molecular weight excluding hydrogens is 154 g/mol. The lowest BCUT2D eigenvalue weighted by Crippen LogP contribution is -2.09. The van der Waals surface area contributed by atoms with Crippen molar-refractivity contribution in [3.05, 3.63) is 0 Å². The van der Waals surface area contributed by atoms with Gasteiger partial charge in [-0.3, -0.25) is 0 Å². The van der Waals surface area contributed by atoms with Gasteiger partial charge in [0.05, 0.1) is 0 Å². The third-order valence-corrected chi connectivity index (χ3v) is 1.88. The molecule has 0 aromatic rings. The van der Waals surface area contributed by atoms with Gasteiger partial charge in [0.25, 0.3) is 0 Å². The van der Waals surface area contributed by atoms with Gasteiger partial charge in [0.15, 0.2) is 0 Å². The van der Waals surface area contributed by atoms with E-state index in [-0.39, 0.29) is 0 Å². The van der Waals surface area contributed by atoms with Gasteiger partial charge in [0, 0.05) is 12.3 Å². The van der Waals surface area contributed by atoms with E-state index in [4.69, 9.17) is 0 Å². The van der Waals surface area contributed by atoms with Crippen LogP contribution < -0.4 is 5.32 Å². The van der Waals surface area contributed by atoms with E-state index in [0.29, 0.717) is 0 Å². The average molecular weight is 177 g/mol. The van der Waals surface area contributed by atoms with E-state index >= 15 is 0 Å². The summed E-state index contributed by atoms with van der Waals surface area (Å²) in [6, 6.07) is 0. The molecule has 11 heavy (non-hydrogen) atoms. The smallest absolute Gasteiger partial charge is 0.00552 e. The highest BCUT2D eigenvalue weighted by atomic mass is 32.2. The van der Waals surface area contributed by atoms with Crippen molar-refractivity contribution in [2.45, 2.75) is 33.1 Å². The third-order valence-electron chi connectivity index (χ3n) is 1.26. The lowest BCUT2D eigenvalue weighted by atomic mass is 10.3. The van der Waals surface area contributed by atoms with Crippen molar-refractivity contribution in [2.24, 2.45) is 0 Å². The van der Waals surface area contributed by atoms with E-state index in [9.17, 15) is 0 Å². The van der Waals surface area contributed by atoms with E-state index in [1.54, 1.807) is 0 Å². The van der Waals surface area contributed by atoms with Crippen LogP contribution in [0.1, 0.15) is 33.1 Å². The zero-order chi connectivity index (χ0) is 8.95. The molecule has 0 saturated heterocycles. The van der Waals surface area contributed by atoms with Gasteiger partial charge in [0.2, 0.25) is 0 Å². The van der Waals surface area contributed by atoms with Crippen molar-refractivity contribution in [1.82, 2.24) is 5.32 Å². The Hall–Kier alpha value is 0.310. The summed E-state index contributed by atoms with van der Waals surface area (Å²) in [5.41, 5.74) is 0. The molecule has 0 rings (SSSR count). The van der Waals surface area contributed by atoms with Gasteiger partial charge in [-0.1, -0.05) is 33.1 Å². The lowest BCUT2D eigenvalue weighted by Gasteiger charge is -1.89. The first-order valence-electron chi connectivity index (χ1n) is 4.46. The van der Waals surface area contributed by atoms with Crippen LogP contribution in [-0.4, -0.2) is 25.6 Å². The van der Waals surface area contributed by atoms with E-state index < -0.39 is 0 Å². The Bertz CT molecular complexity index is 42.8. The number of hydrogen-bond donors (Lipinski definition) is 1. The Morgan fingerprint density at radius 1 is 1.18 bits per heavy atom. The Labute approximate surface area is 76.3 Å². The van der Waals surface area contributed by atoms with Crippen molar-refractivity contribution in [3.63, 3.8) is 0 Å². The number of unbranched alkanes of at least 4 members (excludes halogenated alkanes) is 2. The molecule has 0 unspecified atom stereocenters. The first-order valence-corrected chi connectivity index (χ1v) is 5.86. The third kappa shape index (κ3) is 25.3. The maximum absolute atomic E-state index is 3.05. The fourth-order valence-corrected chi connectivity index (χ4v) is 0.966. The normalized spacial score (nSPS) is 8.73. The Kier molecular flexibility index (Phi) is 21.1. The van der Waals surface area contributed by atoms with E-state index in [0.717, 1.165) is 6.54 Å². The Morgan fingerprint density at radius 2 is 1.73 bits per heavy atom. The standard InChI is InChI=1S/C5H12.C4H11NS/c1-3-5-4-2;1-5-3-4-6-2/h3-5H2,1-2H3;5H,3-4H2,1-2H3. The zero-order valence-corrected chi connectivity index (χ0v) is 9.26. The molecule has 70 valence electrons. The summed E-state index contributed by atoms with van der Waals surface area (Å²) in [5, 5.41) is 3.05. The fraction of sp³-hybridized carbons (Fsp3) is 1.00.